The third kappa shape index (κ3) is 5.45. The molecule has 1 aromatic carbocycles. The second kappa shape index (κ2) is 8.30. The number of nitrogens with one attached hydrogen (secondary N) is 1. The first kappa shape index (κ1) is 19.7. The molecular formula is C21H30N2O4. The van der Waals surface area contributed by atoms with Crippen molar-refractivity contribution in [3.05, 3.63) is 35.9 Å². The van der Waals surface area contributed by atoms with Crippen LogP contribution in [0.25, 0.3) is 0 Å². The Balaban J connectivity index is 1.43. The van der Waals surface area contributed by atoms with E-state index < -0.39 is 5.60 Å². The molecule has 27 heavy (non-hydrogen) atoms. The highest BCUT2D eigenvalue weighted by atomic mass is 16.6. The van der Waals surface area contributed by atoms with E-state index in [0.29, 0.717) is 6.61 Å². The zero-order valence-electron chi connectivity index (χ0n) is 16.4. The predicted octanol–water partition coefficient (Wildman–Crippen LogP) is 3.25. The fraction of sp³-hybridized carbons (Fsp3) is 0.619. The van der Waals surface area contributed by atoms with Gasteiger partial charge >= 0.3 is 12.1 Å². The number of carbonyl (C=O) groups excluding carboxylic acids is 2. The molecule has 2 fully saturated rings. The van der Waals surface area contributed by atoms with Crippen LogP contribution in [0.2, 0.25) is 0 Å². The van der Waals surface area contributed by atoms with Crippen molar-refractivity contribution >= 4 is 12.1 Å². The molecule has 2 aliphatic rings. The number of hydrogen-bond donors (Lipinski definition) is 1. The Morgan fingerprint density at radius 1 is 1.11 bits per heavy atom. The van der Waals surface area contributed by atoms with Crippen LogP contribution in [0.15, 0.2) is 30.3 Å². The van der Waals surface area contributed by atoms with E-state index in [2.05, 4.69) is 5.32 Å². The molecular weight excluding hydrogens is 344 g/mol. The minimum atomic E-state index is -0.478. The maximum atomic E-state index is 12.5. The van der Waals surface area contributed by atoms with E-state index in [1.807, 2.05) is 56.0 Å². The summed E-state index contributed by atoms with van der Waals surface area (Å²) < 4.78 is 10.9. The normalized spacial score (nSPS) is 24.6. The fourth-order valence-electron chi connectivity index (χ4n) is 3.97. The lowest BCUT2D eigenvalue weighted by Crippen LogP contribution is -2.53. The van der Waals surface area contributed by atoms with Gasteiger partial charge in [0.1, 0.15) is 12.2 Å². The van der Waals surface area contributed by atoms with Crippen LogP contribution in [0.4, 0.5) is 4.79 Å². The number of rotatable bonds is 5. The molecule has 2 bridgehead atoms. The molecule has 2 heterocycles. The van der Waals surface area contributed by atoms with Crippen molar-refractivity contribution in [3.8, 4) is 0 Å². The van der Waals surface area contributed by atoms with Gasteiger partial charge in [0.05, 0.1) is 6.54 Å². The van der Waals surface area contributed by atoms with Gasteiger partial charge in [0, 0.05) is 18.1 Å². The topological polar surface area (TPSA) is 67.9 Å². The monoisotopic (exact) mass is 374 g/mol. The number of fused-ring (bicyclic) bond motifs is 2. The minimum absolute atomic E-state index is 0.191. The quantitative estimate of drug-likeness (QED) is 0.802. The number of piperidine rings is 1. The Hall–Kier alpha value is -2.08. The first-order valence-corrected chi connectivity index (χ1v) is 9.76. The van der Waals surface area contributed by atoms with Gasteiger partial charge in [-0.1, -0.05) is 30.3 Å². The Morgan fingerprint density at radius 2 is 1.74 bits per heavy atom. The van der Waals surface area contributed by atoms with Gasteiger partial charge in [-0.05, 0) is 52.0 Å². The van der Waals surface area contributed by atoms with Crippen molar-refractivity contribution in [2.75, 3.05) is 6.54 Å². The highest BCUT2D eigenvalue weighted by Crippen LogP contribution is 2.36. The van der Waals surface area contributed by atoms with Crippen LogP contribution < -0.4 is 5.32 Å². The summed E-state index contributed by atoms with van der Waals surface area (Å²) in [4.78, 5) is 26.4. The number of esters is 1. The molecule has 3 rings (SSSR count). The first-order chi connectivity index (χ1) is 12.8. The highest BCUT2D eigenvalue weighted by Gasteiger charge is 2.44. The molecule has 0 aliphatic carbocycles. The fourth-order valence-corrected chi connectivity index (χ4v) is 3.97. The van der Waals surface area contributed by atoms with E-state index in [1.54, 1.807) is 0 Å². The van der Waals surface area contributed by atoms with Crippen molar-refractivity contribution in [2.45, 2.75) is 76.8 Å². The zero-order valence-corrected chi connectivity index (χ0v) is 16.4. The van der Waals surface area contributed by atoms with E-state index in [4.69, 9.17) is 9.47 Å². The lowest BCUT2D eigenvalue weighted by molar-refractivity contribution is -0.144. The summed E-state index contributed by atoms with van der Waals surface area (Å²) in [6.45, 7) is 6.17. The number of ether oxygens (including phenoxy) is 2. The maximum Gasteiger partial charge on any atom is 0.410 e. The summed E-state index contributed by atoms with van der Waals surface area (Å²) in [7, 11) is 0. The molecule has 2 aliphatic heterocycles. The van der Waals surface area contributed by atoms with E-state index in [0.717, 1.165) is 31.2 Å². The average Bonchev–Trinajstić information content (AvgIpc) is 2.88. The molecule has 0 aromatic heterocycles. The van der Waals surface area contributed by atoms with Crippen LogP contribution >= 0.6 is 0 Å². The molecule has 0 saturated carbocycles. The zero-order chi connectivity index (χ0) is 19.4. The first-order valence-electron chi connectivity index (χ1n) is 9.76. The van der Waals surface area contributed by atoms with Crippen molar-refractivity contribution in [1.82, 2.24) is 10.2 Å². The molecule has 148 valence electrons. The molecule has 0 spiro atoms. The van der Waals surface area contributed by atoms with Crippen molar-refractivity contribution in [2.24, 2.45) is 0 Å². The smallest absolute Gasteiger partial charge is 0.410 e. The molecule has 1 N–H and O–H groups in total. The molecule has 0 radical (unpaired) electrons. The minimum Gasteiger partial charge on any atom is -0.460 e. The van der Waals surface area contributed by atoms with Gasteiger partial charge in [-0.15, -0.1) is 0 Å². The van der Waals surface area contributed by atoms with E-state index in [-0.39, 0.29) is 36.7 Å². The molecule has 1 aromatic rings. The largest absolute Gasteiger partial charge is 0.460 e. The van der Waals surface area contributed by atoms with Crippen LogP contribution in [-0.2, 0) is 20.9 Å². The molecule has 6 nitrogen and oxygen atoms in total. The lowest BCUT2D eigenvalue weighted by atomic mass is 9.98. The van der Waals surface area contributed by atoms with Gasteiger partial charge in [-0.2, -0.15) is 0 Å². The second-order valence-electron chi connectivity index (χ2n) is 8.47. The van der Waals surface area contributed by atoms with E-state index in [9.17, 15) is 9.59 Å². The number of nitrogens with zero attached hydrogens (tertiary/aromatic N) is 1. The van der Waals surface area contributed by atoms with Gasteiger partial charge in [-0.3, -0.25) is 4.79 Å². The molecule has 1 amide bonds. The number of benzene rings is 1. The van der Waals surface area contributed by atoms with Gasteiger partial charge in [0.15, 0.2) is 0 Å². The second-order valence-corrected chi connectivity index (χ2v) is 8.47. The number of amides is 1. The number of carbonyl (C=O) groups is 2. The molecule has 2 unspecified atom stereocenters. The van der Waals surface area contributed by atoms with Gasteiger partial charge < -0.3 is 19.7 Å². The Morgan fingerprint density at radius 3 is 2.33 bits per heavy atom. The SMILES string of the molecule is CC(C)(C)OC(=O)N1C2CCC1CC(NCC(=O)OCc1ccccc1)C2. The van der Waals surface area contributed by atoms with Crippen LogP contribution in [-0.4, -0.2) is 47.2 Å². The summed E-state index contributed by atoms with van der Waals surface area (Å²) >= 11 is 0. The molecule has 2 saturated heterocycles. The van der Waals surface area contributed by atoms with Crippen LogP contribution in [0, 0.1) is 0 Å². The van der Waals surface area contributed by atoms with Crippen molar-refractivity contribution in [1.29, 1.82) is 0 Å². The standard InChI is InChI=1S/C21H30N2O4/c1-21(2,3)27-20(25)23-17-9-10-18(23)12-16(11-17)22-13-19(24)26-14-15-7-5-4-6-8-15/h4-8,16-18,22H,9-14H2,1-3H3. The summed E-state index contributed by atoms with van der Waals surface area (Å²) in [6, 6.07) is 10.3. The summed E-state index contributed by atoms with van der Waals surface area (Å²) in [5.41, 5.74) is 0.503. The highest BCUT2D eigenvalue weighted by molar-refractivity contribution is 5.72. The number of hydrogen-bond acceptors (Lipinski definition) is 5. The Labute approximate surface area is 161 Å². The van der Waals surface area contributed by atoms with E-state index in [1.165, 1.54) is 0 Å². The van der Waals surface area contributed by atoms with Crippen LogP contribution in [0.5, 0.6) is 0 Å². The summed E-state index contributed by atoms with van der Waals surface area (Å²) in [6.07, 6.45) is 3.49. The third-order valence-electron chi connectivity index (χ3n) is 5.12. The molecule has 2 atom stereocenters. The lowest BCUT2D eigenvalue weighted by Gasteiger charge is -2.39. The van der Waals surface area contributed by atoms with Crippen LogP contribution in [0.3, 0.4) is 0 Å². The van der Waals surface area contributed by atoms with Crippen LogP contribution in [0.1, 0.15) is 52.0 Å². The van der Waals surface area contributed by atoms with Gasteiger partial charge in [0.25, 0.3) is 0 Å². The Bertz CT molecular complexity index is 642. The maximum absolute atomic E-state index is 12.5. The molecule has 6 heteroatoms. The third-order valence-corrected chi connectivity index (χ3v) is 5.12. The van der Waals surface area contributed by atoms with Crippen molar-refractivity contribution in [3.63, 3.8) is 0 Å². The summed E-state index contributed by atoms with van der Waals surface area (Å²) in [5, 5.41) is 3.31. The van der Waals surface area contributed by atoms with Crippen molar-refractivity contribution < 1.29 is 19.1 Å². The summed E-state index contributed by atoms with van der Waals surface area (Å²) in [5.74, 6) is -0.249. The average molecular weight is 374 g/mol. The Kier molecular flexibility index (Phi) is 6.05. The van der Waals surface area contributed by atoms with Gasteiger partial charge in [0.2, 0.25) is 0 Å². The van der Waals surface area contributed by atoms with Gasteiger partial charge in [-0.25, -0.2) is 4.79 Å². The predicted molar refractivity (Wildman–Crippen MR) is 102 cm³/mol. The van der Waals surface area contributed by atoms with E-state index >= 15 is 0 Å².